The number of alkyl halides is 2. The highest BCUT2D eigenvalue weighted by molar-refractivity contribution is 6.02. The highest BCUT2D eigenvalue weighted by Gasteiger charge is 2.07. The van der Waals surface area contributed by atoms with Gasteiger partial charge in [0.15, 0.2) is 0 Å². The van der Waals surface area contributed by atoms with Gasteiger partial charge in [-0.25, -0.2) is 0 Å². The third-order valence-electron chi connectivity index (χ3n) is 3.34. The molecule has 0 fully saturated rings. The van der Waals surface area contributed by atoms with Crippen molar-refractivity contribution in [3.63, 3.8) is 0 Å². The minimum absolute atomic E-state index is 0.0500. The Morgan fingerprint density at radius 1 is 1.04 bits per heavy atom. The van der Waals surface area contributed by atoms with E-state index < -0.39 is 6.61 Å². The number of hydrogen-bond acceptors (Lipinski definition) is 3. The van der Waals surface area contributed by atoms with Crippen molar-refractivity contribution in [3.05, 3.63) is 65.7 Å². The highest BCUT2D eigenvalue weighted by atomic mass is 19.3. The monoisotopic (exact) mass is 360 g/mol. The van der Waals surface area contributed by atoms with Crippen molar-refractivity contribution in [1.82, 2.24) is 4.90 Å². The molecule has 2 rings (SSSR count). The maximum Gasteiger partial charge on any atom is 0.387 e. The summed E-state index contributed by atoms with van der Waals surface area (Å²) in [7, 11) is 3.32. The first-order valence-corrected chi connectivity index (χ1v) is 7.71. The van der Waals surface area contributed by atoms with E-state index in [4.69, 9.17) is 0 Å². The smallest absolute Gasteiger partial charge is 0.387 e. The van der Waals surface area contributed by atoms with E-state index in [9.17, 15) is 18.4 Å². The molecule has 0 heterocycles. The summed E-state index contributed by atoms with van der Waals surface area (Å²) in [5.74, 6) is -0.430. The molecule has 0 spiro atoms. The van der Waals surface area contributed by atoms with E-state index in [1.54, 1.807) is 56.6 Å². The average Bonchev–Trinajstić information content (AvgIpc) is 2.60. The van der Waals surface area contributed by atoms with Gasteiger partial charge in [-0.05, 0) is 48.0 Å². The molecule has 0 saturated carbocycles. The van der Waals surface area contributed by atoms with Crippen LogP contribution in [0.2, 0.25) is 0 Å². The number of nitrogens with zero attached hydrogens (tertiary/aromatic N) is 1. The first kappa shape index (κ1) is 19.1. The Labute approximate surface area is 149 Å². The lowest BCUT2D eigenvalue weighted by Gasteiger charge is -2.10. The van der Waals surface area contributed by atoms with E-state index in [-0.39, 0.29) is 17.6 Å². The van der Waals surface area contributed by atoms with Crippen LogP contribution in [0, 0.1) is 0 Å². The fourth-order valence-electron chi connectivity index (χ4n) is 2.07. The number of halogens is 2. The predicted molar refractivity (Wildman–Crippen MR) is 95.2 cm³/mol. The van der Waals surface area contributed by atoms with Gasteiger partial charge in [-0.2, -0.15) is 8.78 Å². The van der Waals surface area contributed by atoms with Gasteiger partial charge < -0.3 is 15.0 Å². The Balaban J connectivity index is 1.93. The van der Waals surface area contributed by atoms with Crippen LogP contribution >= 0.6 is 0 Å². The molecule has 0 radical (unpaired) electrons. The molecule has 0 saturated heterocycles. The SMILES string of the molecule is CN(C)C(=O)c1ccc(NC(=O)/C=C/c2ccc(OC(F)F)cc2)cc1. The molecule has 0 bridgehead atoms. The van der Waals surface area contributed by atoms with Crippen molar-refractivity contribution >= 4 is 23.6 Å². The van der Waals surface area contributed by atoms with E-state index in [1.165, 1.54) is 23.1 Å². The van der Waals surface area contributed by atoms with Crippen LogP contribution in [0.25, 0.3) is 6.08 Å². The first-order chi connectivity index (χ1) is 12.3. The van der Waals surface area contributed by atoms with Crippen LogP contribution in [0.1, 0.15) is 15.9 Å². The van der Waals surface area contributed by atoms with Crippen molar-refractivity contribution in [2.75, 3.05) is 19.4 Å². The van der Waals surface area contributed by atoms with Gasteiger partial charge in [0.2, 0.25) is 5.91 Å². The number of anilines is 1. The van der Waals surface area contributed by atoms with E-state index in [0.717, 1.165) is 0 Å². The summed E-state index contributed by atoms with van der Waals surface area (Å²) in [6, 6.07) is 12.4. The number of carbonyl (C=O) groups is 2. The number of ether oxygens (including phenoxy) is 1. The number of nitrogens with one attached hydrogen (secondary N) is 1. The third kappa shape index (κ3) is 5.70. The molecule has 2 amide bonds. The number of amides is 2. The van der Waals surface area contributed by atoms with E-state index >= 15 is 0 Å². The minimum atomic E-state index is -2.87. The van der Waals surface area contributed by atoms with Gasteiger partial charge in [-0.3, -0.25) is 9.59 Å². The summed E-state index contributed by atoms with van der Waals surface area (Å²) in [6.45, 7) is -2.87. The quantitative estimate of drug-likeness (QED) is 0.800. The second kappa shape index (κ2) is 8.75. The summed E-state index contributed by atoms with van der Waals surface area (Å²) in [5, 5.41) is 2.67. The second-order valence-corrected chi connectivity index (χ2v) is 5.55. The zero-order valence-electron chi connectivity index (χ0n) is 14.3. The van der Waals surface area contributed by atoms with Crippen molar-refractivity contribution in [3.8, 4) is 5.75 Å². The molecule has 0 aliphatic carbocycles. The zero-order valence-corrected chi connectivity index (χ0v) is 14.3. The molecular formula is C19H18F2N2O3. The van der Waals surface area contributed by atoms with E-state index in [0.29, 0.717) is 16.8 Å². The predicted octanol–water partition coefficient (Wildman–Crippen LogP) is 3.64. The Morgan fingerprint density at radius 2 is 1.65 bits per heavy atom. The molecule has 1 N–H and O–H groups in total. The molecule has 2 aromatic carbocycles. The van der Waals surface area contributed by atoms with Crippen LogP contribution in [-0.2, 0) is 4.79 Å². The summed E-state index contributed by atoms with van der Waals surface area (Å²) in [6.07, 6.45) is 2.87. The van der Waals surface area contributed by atoms with E-state index in [2.05, 4.69) is 10.1 Å². The average molecular weight is 360 g/mol. The molecule has 0 unspecified atom stereocenters. The Kier molecular flexibility index (Phi) is 6.43. The largest absolute Gasteiger partial charge is 0.435 e. The fourth-order valence-corrected chi connectivity index (χ4v) is 2.07. The maximum atomic E-state index is 12.1. The lowest BCUT2D eigenvalue weighted by atomic mass is 10.2. The molecule has 136 valence electrons. The number of benzene rings is 2. The van der Waals surface area contributed by atoms with Crippen molar-refractivity contribution < 1.29 is 23.1 Å². The third-order valence-corrected chi connectivity index (χ3v) is 3.34. The normalized spacial score (nSPS) is 10.8. The molecule has 0 aliphatic heterocycles. The van der Waals surface area contributed by atoms with Gasteiger partial charge >= 0.3 is 6.61 Å². The molecule has 0 aliphatic rings. The van der Waals surface area contributed by atoms with Crippen molar-refractivity contribution in [2.45, 2.75) is 6.61 Å². The van der Waals surface area contributed by atoms with Crippen LogP contribution in [0.15, 0.2) is 54.6 Å². The van der Waals surface area contributed by atoms with Crippen molar-refractivity contribution in [1.29, 1.82) is 0 Å². The number of carbonyl (C=O) groups excluding carboxylic acids is 2. The Morgan fingerprint density at radius 3 is 2.19 bits per heavy atom. The lowest BCUT2D eigenvalue weighted by Crippen LogP contribution is -2.21. The minimum Gasteiger partial charge on any atom is -0.435 e. The zero-order chi connectivity index (χ0) is 19.1. The standard InChI is InChI=1S/C19H18F2N2O3/c1-23(2)18(25)14-6-8-15(9-7-14)22-17(24)12-5-13-3-10-16(11-4-13)26-19(20)21/h3-12,19H,1-2H3,(H,22,24)/b12-5+. The molecule has 26 heavy (non-hydrogen) atoms. The highest BCUT2D eigenvalue weighted by Crippen LogP contribution is 2.16. The second-order valence-electron chi connectivity index (χ2n) is 5.55. The van der Waals surface area contributed by atoms with Gasteiger partial charge in [0, 0.05) is 31.4 Å². The Hall–Kier alpha value is -3.22. The Bertz CT molecular complexity index is 785. The summed E-state index contributed by atoms with van der Waals surface area (Å²) in [5.41, 5.74) is 1.74. The molecule has 0 atom stereocenters. The topological polar surface area (TPSA) is 58.6 Å². The van der Waals surface area contributed by atoms with E-state index in [1.807, 2.05) is 0 Å². The molecule has 2 aromatic rings. The molecule has 0 aromatic heterocycles. The number of hydrogen-bond donors (Lipinski definition) is 1. The maximum absolute atomic E-state index is 12.1. The van der Waals surface area contributed by atoms with Crippen LogP contribution in [0.4, 0.5) is 14.5 Å². The fraction of sp³-hybridized carbons (Fsp3) is 0.158. The van der Waals surface area contributed by atoms with Gasteiger partial charge in [-0.15, -0.1) is 0 Å². The van der Waals surface area contributed by atoms with Crippen LogP contribution < -0.4 is 10.1 Å². The summed E-state index contributed by atoms with van der Waals surface area (Å²) in [4.78, 5) is 25.2. The van der Waals surface area contributed by atoms with Crippen LogP contribution in [-0.4, -0.2) is 37.4 Å². The lowest BCUT2D eigenvalue weighted by molar-refractivity contribution is -0.111. The van der Waals surface area contributed by atoms with Crippen LogP contribution in [0.3, 0.4) is 0 Å². The number of rotatable bonds is 6. The summed E-state index contributed by atoms with van der Waals surface area (Å²) >= 11 is 0. The molecule has 7 heteroatoms. The van der Waals surface area contributed by atoms with Gasteiger partial charge in [0.1, 0.15) is 5.75 Å². The molecular weight excluding hydrogens is 342 g/mol. The van der Waals surface area contributed by atoms with Gasteiger partial charge in [0.25, 0.3) is 5.91 Å². The van der Waals surface area contributed by atoms with Crippen molar-refractivity contribution in [2.24, 2.45) is 0 Å². The first-order valence-electron chi connectivity index (χ1n) is 7.71. The summed E-state index contributed by atoms with van der Waals surface area (Å²) < 4.78 is 28.4. The van der Waals surface area contributed by atoms with Gasteiger partial charge in [-0.1, -0.05) is 12.1 Å². The molecule has 5 nitrogen and oxygen atoms in total. The van der Waals surface area contributed by atoms with Gasteiger partial charge in [0.05, 0.1) is 0 Å². The van der Waals surface area contributed by atoms with Crippen LogP contribution in [0.5, 0.6) is 5.75 Å².